The third-order valence-electron chi connectivity index (χ3n) is 6.75. The molecule has 184 valence electrons. The second-order valence-electron chi connectivity index (χ2n) is 10.2. The molecule has 7 nitrogen and oxygen atoms in total. The van der Waals surface area contributed by atoms with Crippen molar-refractivity contribution in [1.29, 1.82) is 0 Å². The van der Waals surface area contributed by atoms with E-state index in [4.69, 9.17) is 0 Å². The smallest absolute Gasteiger partial charge is 0.246 e. The molecule has 2 aliphatic rings. The van der Waals surface area contributed by atoms with Crippen molar-refractivity contribution in [3.63, 3.8) is 0 Å². The van der Waals surface area contributed by atoms with Gasteiger partial charge in [0.15, 0.2) is 0 Å². The first kappa shape index (κ1) is 27.1. The van der Waals surface area contributed by atoms with Gasteiger partial charge in [-0.1, -0.05) is 45.0 Å². The number of nitrogens with zero attached hydrogens (tertiary/aromatic N) is 1. The summed E-state index contributed by atoms with van der Waals surface area (Å²) in [6.45, 7) is 8.09. The van der Waals surface area contributed by atoms with Gasteiger partial charge in [-0.15, -0.1) is 12.4 Å². The van der Waals surface area contributed by atoms with E-state index in [1.165, 1.54) is 11.1 Å². The molecule has 0 spiro atoms. The van der Waals surface area contributed by atoms with E-state index in [-0.39, 0.29) is 36.2 Å². The zero-order valence-electron chi connectivity index (χ0n) is 20.4. The lowest BCUT2D eigenvalue weighted by atomic mass is 9.85. The van der Waals surface area contributed by atoms with Crippen LogP contribution in [0.25, 0.3) is 0 Å². The van der Waals surface area contributed by atoms with Crippen molar-refractivity contribution in [2.45, 2.75) is 84.0 Å². The highest BCUT2D eigenvalue weighted by molar-refractivity contribution is 5.94. The van der Waals surface area contributed by atoms with Crippen molar-refractivity contribution in [1.82, 2.24) is 20.9 Å². The summed E-state index contributed by atoms with van der Waals surface area (Å²) in [6, 6.07) is 6.65. The molecule has 33 heavy (non-hydrogen) atoms. The largest absolute Gasteiger partial charge is 0.347 e. The maximum Gasteiger partial charge on any atom is 0.246 e. The standard InChI is InChI=1S/C25H38N4O3.ClH/c1-16(26-5)22(30)28-21(25(2,3)4)24(32)29-15-9-14-20(29)23(31)27-19-13-8-11-17-10-6-7-12-18(17)19;/h6-7,10,12,16,19-21,26H,8-9,11,13-15H2,1-5H3,(H,27,31)(H,28,30);1H. The Morgan fingerprint density at radius 2 is 1.79 bits per heavy atom. The van der Waals surface area contributed by atoms with Gasteiger partial charge in [0.2, 0.25) is 17.7 Å². The number of carbonyl (C=O) groups is 3. The second kappa shape index (κ2) is 11.3. The number of aryl methyl sites for hydroxylation is 1. The van der Waals surface area contributed by atoms with Gasteiger partial charge in [-0.3, -0.25) is 14.4 Å². The highest BCUT2D eigenvalue weighted by Gasteiger charge is 2.42. The molecule has 0 saturated carbocycles. The number of carbonyl (C=O) groups excluding carboxylic acids is 3. The summed E-state index contributed by atoms with van der Waals surface area (Å²) in [5.74, 6) is -0.504. The van der Waals surface area contributed by atoms with Crippen molar-refractivity contribution in [2.75, 3.05) is 13.6 Å². The van der Waals surface area contributed by atoms with Crippen molar-refractivity contribution in [3.05, 3.63) is 35.4 Å². The van der Waals surface area contributed by atoms with E-state index in [1.807, 2.05) is 32.9 Å². The summed E-state index contributed by atoms with van der Waals surface area (Å²) in [7, 11) is 1.71. The van der Waals surface area contributed by atoms with Crippen LogP contribution in [-0.4, -0.2) is 54.3 Å². The van der Waals surface area contributed by atoms with Crippen molar-refractivity contribution in [2.24, 2.45) is 5.41 Å². The topological polar surface area (TPSA) is 90.5 Å². The Kier molecular flexibility index (Phi) is 9.32. The Balaban J connectivity index is 0.00000385. The number of halogens is 1. The zero-order valence-corrected chi connectivity index (χ0v) is 21.3. The summed E-state index contributed by atoms with van der Waals surface area (Å²) < 4.78 is 0. The van der Waals surface area contributed by atoms with E-state index in [2.05, 4.69) is 28.1 Å². The van der Waals surface area contributed by atoms with Gasteiger partial charge in [-0.2, -0.15) is 0 Å². The Hall–Kier alpha value is -2.12. The van der Waals surface area contributed by atoms with Gasteiger partial charge < -0.3 is 20.9 Å². The second-order valence-corrected chi connectivity index (χ2v) is 10.2. The Bertz CT molecular complexity index is 854. The number of likely N-dealkylation sites (tertiary alicyclic amines) is 1. The maximum atomic E-state index is 13.6. The number of fused-ring (bicyclic) bond motifs is 1. The van der Waals surface area contributed by atoms with E-state index in [9.17, 15) is 14.4 Å². The predicted octanol–water partition coefficient (Wildman–Crippen LogP) is 2.73. The van der Waals surface area contributed by atoms with Crippen LogP contribution in [0.15, 0.2) is 24.3 Å². The van der Waals surface area contributed by atoms with Crippen molar-refractivity contribution in [3.8, 4) is 0 Å². The molecule has 1 aromatic carbocycles. The minimum Gasteiger partial charge on any atom is -0.347 e. The molecule has 1 aromatic rings. The van der Waals surface area contributed by atoms with Crippen molar-refractivity contribution >= 4 is 30.1 Å². The first-order valence-corrected chi connectivity index (χ1v) is 11.8. The average molecular weight is 479 g/mol. The van der Waals surface area contributed by atoms with Crippen LogP contribution in [0.1, 0.15) is 70.5 Å². The SMILES string of the molecule is CNC(C)C(=O)NC(C(=O)N1CCCC1C(=O)NC1CCCc2ccccc21)C(C)(C)C.Cl. The Labute approximate surface area is 203 Å². The summed E-state index contributed by atoms with van der Waals surface area (Å²) in [5, 5.41) is 9.04. The third-order valence-corrected chi connectivity index (χ3v) is 6.75. The Morgan fingerprint density at radius 1 is 1.09 bits per heavy atom. The van der Waals surface area contributed by atoms with Gasteiger partial charge >= 0.3 is 0 Å². The summed E-state index contributed by atoms with van der Waals surface area (Å²) in [6.07, 6.45) is 4.41. The van der Waals surface area contributed by atoms with Crippen LogP contribution in [0.2, 0.25) is 0 Å². The number of amides is 3. The summed E-state index contributed by atoms with van der Waals surface area (Å²) in [5.41, 5.74) is 1.99. The molecule has 1 fully saturated rings. The van der Waals surface area contributed by atoms with Crippen LogP contribution in [0, 0.1) is 5.41 Å². The highest BCUT2D eigenvalue weighted by Crippen LogP contribution is 2.31. The van der Waals surface area contributed by atoms with E-state index in [0.717, 1.165) is 25.7 Å². The first-order valence-electron chi connectivity index (χ1n) is 11.8. The molecular weight excluding hydrogens is 440 g/mol. The molecule has 1 heterocycles. The lowest BCUT2D eigenvalue weighted by molar-refractivity contribution is -0.144. The monoisotopic (exact) mass is 478 g/mol. The molecule has 1 saturated heterocycles. The number of hydrogen-bond donors (Lipinski definition) is 3. The van der Waals surface area contributed by atoms with Crippen LogP contribution in [0.4, 0.5) is 0 Å². The molecule has 4 atom stereocenters. The van der Waals surface area contributed by atoms with Crippen LogP contribution >= 0.6 is 12.4 Å². The number of benzene rings is 1. The van der Waals surface area contributed by atoms with Crippen molar-refractivity contribution < 1.29 is 14.4 Å². The fourth-order valence-corrected chi connectivity index (χ4v) is 4.69. The van der Waals surface area contributed by atoms with Crippen LogP contribution in [0.3, 0.4) is 0 Å². The fraction of sp³-hybridized carbons (Fsp3) is 0.640. The van der Waals surface area contributed by atoms with E-state index in [0.29, 0.717) is 13.0 Å². The quantitative estimate of drug-likeness (QED) is 0.586. The van der Waals surface area contributed by atoms with E-state index >= 15 is 0 Å². The number of rotatable bonds is 6. The van der Waals surface area contributed by atoms with E-state index < -0.39 is 23.5 Å². The number of nitrogens with one attached hydrogen (secondary N) is 3. The molecule has 3 rings (SSSR count). The van der Waals surface area contributed by atoms with Crippen LogP contribution in [0.5, 0.6) is 0 Å². The average Bonchev–Trinajstić information content (AvgIpc) is 3.26. The maximum absolute atomic E-state index is 13.6. The third kappa shape index (κ3) is 6.27. The molecule has 0 radical (unpaired) electrons. The van der Waals surface area contributed by atoms with Gasteiger partial charge in [0.25, 0.3) is 0 Å². The minimum absolute atomic E-state index is 0. The number of hydrogen-bond acceptors (Lipinski definition) is 4. The van der Waals surface area contributed by atoms with Gasteiger partial charge in [-0.05, 0) is 62.6 Å². The van der Waals surface area contributed by atoms with Crippen LogP contribution in [-0.2, 0) is 20.8 Å². The zero-order chi connectivity index (χ0) is 23.5. The van der Waals surface area contributed by atoms with Crippen LogP contribution < -0.4 is 16.0 Å². The molecule has 8 heteroatoms. The fourth-order valence-electron chi connectivity index (χ4n) is 4.69. The Morgan fingerprint density at radius 3 is 2.45 bits per heavy atom. The summed E-state index contributed by atoms with van der Waals surface area (Å²) in [4.78, 5) is 41.0. The predicted molar refractivity (Wildman–Crippen MR) is 132 cm³/mol. The normalized spacial score (nSPS) is 21.9. The lowest BCUT2D eigenvalue weighted by Crippen LogP contribution is -2.59. The molecule has 1 aliphatic carbocycles. The van der Waals surface area contributed by atoms with Gasteiger partial charge in [-0.25, -0.2) is 0 Å². The molecule has 3 N–H and O–H groups in total. The molecule has 1 aliphatic heterocycles. The van der Waals surface area contributed by atoms with Gasteiger partial charge in [0, 0.05) is 6.54 Å². The first-order chi connectivity index (χ1) is 15.1. The van der Waals surface area contributed by atoms with E-state index in [1.54, 1.807) is 18.9 Å². The van der Waals surface area contributed by atoms with Gasteiger partial charge in [0.05, 0.1) is 12.1 Å². The molecule has 4 unspecified atom stereocenters. The lowest BCUT2D eigenvalue weighted by Gasteiger charge is -2.36. The number of likely N-dealkylation sites (N-methyl/N-ethyl adjacent to an activating group) is 1. The molecule has 3 amide bonds. The highest BCUT2D eigenvalue weighted by atomic mass is 35.5. The molecule has 0 bridgehead atoms. The molecular formula is C25H39ClN4O3. The minimum atomic E-state index is -0.699. The van der Waals surface area contributed by atoms with Gasteiger partial charge in [0.1, 0.15) is 12.1 Å². The summed E-state index contributed by atoms with van der Waals surface area (Å²) >= 11 is 0. The molecule has 0 aromatic heterocycles.